The number of para-hydroxylation sites is 1. The van der Waals surface area contributed by atoms with Crippen LogP contribution in [0.2, 0.25) is 0 Å². The highest BCUT2D eigenvalue weighted by Crippen LogP contribution is 2.22. The van der Waals surface area contributed by atoms with Crippen molar-refractivity contribution in [3.63, 3.8) is 0 Å². The average molecular weight is 544 g/mol. The minimum Gasteiger partial charge on any atom is -0.493 e. The molecule has 3 rings (SSSR count). The van der Waals surface area contributed by atoms with Gasteiger partial charge in [0.05, 0.1) is 24.2 Å². The van der Waals surface area contributed by atoms with E-state index in [1.807, 2.05) is 0 Å². The first-order valence-corrected chi connectivity index (χ1v) is 13.5. The zero-order valence-corrected chi connectivity index (χ0v) is 22.2. The zero-order valence-electron chi connectivity index (χ0n) is 20.6. The van der Waals surface area contributed by atoms with Crippen molar-refractivity contribution in [2.45, 2.75) is 37.5 Å². The van der Waals surface area contributed by atoms with E-state index in [9.17, 15) is 13.2 Å². The summed E-state index contributed by atoms with van der Waals surface area (Å²) in [5.41, 5.74) is 0.857. The average Bonchev–Trinajstić information content (AvgIpc) is 2.89. The van der Waals surface area contributed by atoms with Crippen molar-refractivity contribution in [3.8, 4) is 11.6 Å². The maximum atomic E-state index is 12.8. The molecule has 0 aliphatic heterocycles. The Morgan fingerprint density at radius 3 is 2.46 bits per heavy atom. The van der Waals surface area contributed by atoms with E-state index in [-0.39, 0.29) is 21.7 Å². The van der Waals surface area contributed by atoms with Gasteiger partial charge in [-0.25, -0.2) is 18.4 Å². The van der Waals surface area contributed by atoms with Gasteiger partial charge in [-0.3, -0.25) is 14.8 Å². The molecular weight excluding hydrogens is 514 g/mol. The topological polar surface area (TPSA) is 132 Å². The number of thiocarbonyl (C=S) groups is 1. The Hall–Kier alpha value is -3.77. The van der Waals surface area contributed by atoms with Gasteiger partial charge in [0.1, 0.15) is 5.75 Å². The highest BCUT2D eigenvalue weighted by Gasteiger charge is 2.18. The molecule has 0 aliphatic carbocycles. The summed E-state index contributed by atoms with van der Waals surface area (Å²) >= 11 is 5.27. The smallest absolute Gasteiger partial charge is 0.263 e. The molecule has 0 radical (unpaired) electrons. The molecule has 12 heteroatoms. The lowest BCUT2D eigenvalue weighted by Gasteiger charge is -2.13. The summed E-state index contributed by atoms with van der Waals surface area (Å²) in [5.74, 6) is 0.0966. The maximum absolute atomic E-state index is 12.8. The van der Waals surface area contributed by atoms with E-state index in [0.29, 0.717) is 23.6 Å². The molecule has 0 atom stereocenters. The van der Waals surface area contributed by atoms with E-state index in [1.54, 1.807) is 24.3 Å². The minimum absolute atomic E-state index is 0.00859. The van der Waals surface area contributed by atoms with E-state index < -0.39 is 15.9 Å². The van der Waals surface area contributed by atoms with E-state index in [0.717, 1.165) is 25.7 Å². The molecule has 0 saturated heterocycles. The van der Waals surface area contributed by atoms with Crippen LogP contribution in [0.25, 0.3) is 0 Å². The minimum atomic E-state index is -3.94. The van der Waals surface area contributed by atoms with Gasteiger partial charge in [-0.1, -0.05) is 38.3 Å². The number of aromatic nitrogens is 2. The number of ether oxygens (including phenoxy) is 2. The molecule has 1 heterocycles. The number of hydrogen-bond acceptors (Lipinski definition) is 8. The van der Waals surface area contributed by atoms with Crippen molar-refractivity contribution in [2.75, 3.05) is 23.8 Å². The molecule has 0 fully saturated rings. The van der Waals surface area contributed by atoms with Crippen LogP contribution in [0.15, 0.2) is 65.8 Å². The van der Waals surface area contributed by atoms with Gasteiger partial charge in [0, 0.05) is 18.1 Å². The summed E-state index contributed by atoms with van der Waals surface area (Å²) < 4.78 is 38.6. The highest BCUT2D eigenvalue weighted by atomic mass is 32.2. The molecule has 196 valence electrons. The Labute approximate surface area is 221 Å². The molecule has 3 aromatic rings. The van der Waals surface area contributed by atoms with Gasteiger partial charge < -0.3 is 14.8 Å². The first-order chi connectivity index (χ1) is 17.8. The highest BCUT2D eigenvalue weighted by molar-refractivity contribution is 7.92. The van der Waals surface area contributed by atoms with Crippen molar-refractivity contribution in [2.24, 2.45) is 0 Å². The van der Waals surface area contributed by atoms with Crippen LogP contribution in [0.4, 0.5) is 11.5 Å². The molecule has 0 unspecified atom stereocenters. The summed E-state index contributed by atoms with van der Waals surface area (Å²) in [6, 6.07) is 12.8. The number of anilines is 2. The Balaban J connectivity index is 1.59. The standard InChI is InChI=1S/C25H29N5O5S2/c1-3-4-5-8-17-35-21-10-7-6-9-20(21)23(31)29-25(36)28-18-11-13-19(14-12-18)37(32,33)30-22-24(34-2)27-16-15-26-22/h6-7,9-16H,3-5,8,17H2,1-2H3,(H,26,30)(H2,28,29,31,36). The quantitative estimate of drug-likeness (QED) is 0.225. The van der Waals surface area contributed by atoms with Crippen LogP contribution in [0.5, 0.6) is 11.6 Å². The second-order valence-corrected chi connectivity index (χ2v) is 9.95. The molecule has 1 aromatic heterocycles. The van der Waals surface area contributed by atoms with Crippen molar-refractivity contribution in [1.82, 2.24) is 15.3 Å². The summed E-state index contributed by atoms with van der Waals surface area (Å²) in [7, 11) is -2.58. The molecule has 0 spiro atoms. The molecule has 37 heavy (non-hydrogen) atoms. The number of nitrogens with one attached hydrogen (secondary N) is 3. The van der Waals surface area contributed by atoms with Crippen LogP contribution in [0.3, 0.4) is 0 Å². The van der Waals surface area contributed by atoms with Gasteiger partial charge >= 0.3 is 0 Å². The first kappa shape index (κ1) is 27.8. The van der Waals surface area contributed by atoms with E-state index in [2.05, 4.69) is 32.2 Å². The Kier molecular flexibility index (Phi) is 10.2. The van der Waals surface area contributed by atoms with Crippen LogP contribution in [0, 0.1) is 0 Å². The van der Waals surface area contributed by atoms with E-state index >= 15 is 0 Å². The molecule has 0 saturated carbocycles. The second-order valence-electron chi connectivity index (χ2n) is 7.86. The largest absolute Gasteiger partial charge is 0.493 e. The molecular formula is C25H29N5O5S2. The normalized spacial score (nSPS) is 10.9. The van der Waals surface area contributed by atoms with Gasteiger partial charge in [-0.2, -0.15) is 0 Å². The van der Waals surface area contributed by atoms with Gasteiger partial charge in [0.15, 0.2) is 5.11 Å². The summed E-state index contributed by atoms with van der Waals surface area (Å²) in [4.78, 5) is 20.6. The van der Waals surface area contributed by atoms with Crippen LogP contribution >= 0.6 is 12.2 Å². The number of carbonyl (C=O) groups is 1. The van der Waals surface area contributed by atoms with E-state index in [1.165, 1.54) is 43.8 Å². The van der Waals surface area contributed by atoms with Crippen molar-refractivity contribution < 1.29 is 22.7 Å². The fraction of sp³-hybridized carbons (Fsp3) is 0.280. The van der Waals surface area contributed by atoms with Crippen molar-refractivity contribution >= 4 is 44.8 Å². The number of hydrogen-bond donors (Lipinski definition) is 3. The molecule has 0 bridgehead atoms. The number of benzene rings is 2. The molecule has 3 N–H and O–H groups in total. The van der Waals surface area contributed by atoms with Gasteiger partial charge in [0.25, 0.3) is 21.8 Å². The number of rotatable bonds is 12. The lowest BCUT2D eigenvalue weighted by Crippen LogP contribution is -2.34. The van der Waals surface area contributed by atoms with Crippen LogP contribution < -0.4 is 24.8 Å². The first-order valence-electron chi connectivity index (χ1n) is 11.7. The maximum Gasteiger partial charge on any atom is 0.263 e. The predicted molar refractivity (Wildman–Crippen MR) is 146 cm³/mol. The van der Waals surface area contributed by atoms with Crippen LogP contribution in [0.1, 0.15) is 43.0 Å². The fourth-order valence-electron chi connectivity index (χ4n) is 3.27. The third-order valence-electron chi connectivity index (χ3n) is 5.13. The summed E-state index contributed by atoms with van der Waals surface area (Å²) in [5, 5.41) is 5.56. The number of carbonyl (C=O) groups excluding carboxylic acids is 1. The van der Waals surface area contributed by atoms with Crippen molar-refractivity contribution in [3.05, 3.63) is 66.5 Å². The van der Waals surface area contributed by atoms with E-state index in [4.69, 9.17) is 21.7 Å². The molecule has 2 aromatic carbocycles. The Morgan fingerprint density at radius 1 is 1.00 bits per heavy atom. The Bertz CT molecular complexity index is 1320. The van der Waals surface area contributed by atoms with Crippen molar-refractivity contribution in [1.29, 1.82) is 0 Å². The molecule has 0 aliphatic rings. The molecule has 10 nitrogen and oxygen atoms in total. The van der Waals surface area contributed by atoms with Crippen LogP contribution in [-0.4, -0.2) is 43.1 Å². The van der Waals surface area contributed by atoms with Gasteiger partial charge in [-0.05, 0) is 55.0 Å². The number of nitrogens with zero attached hydrogens (tertiary/aromatic N) is 2. The lowest BCUT2D eigenvalue weighted by molar-refractivity contribution is 0.0973. The monoisotopic (exact) mass is 543 g/mol. The molecule has 1 amide bonds. The Morgan fingerprint density at radius 2 is 1.73 bits per heavy atom. The summed E-state index contributed by atoms with van der Waals surface area (Å²) in [6.07, 6.45) is 7.00. The number of unbranched alkanes of at least 4 members (excludes halogenated alkanes) is 3. The third kappa shape index (κ3) is 8.12. The number of amides is 1. The summed E-state index contributed by atoms with van der Waals surface area (Å²) in [6.45, 7) is 2.67. The van der Waals surface area contributed by atoms with Gasteiger partial charge in [0.2, 0.25) is 5.82 Å². The van der Waals surface area contributed by atoms with Crippen LogP contribution in [-0.2, 0) is 10.0 Å². The lowest BCUT2D eigenvalue weighted by atomic mass is 10.2. The predicted octanol–water partition coefficient (Wildman–Crippen LogP) is 4.37. The fourth-order valence-corrected chi connectivity index (χ4v) is 4.49. The van der Waals surface area contributed by atoms with Gasteiger partial charge in [-0.15, -0.1) is 0 Å². The number of methoxy groups -OCH3 is 1. The number of sulfonamides is 1. The third-order valence-corrected chi connectivity index (χ3v) is 6.68. The SMILES string of the molecule is CCCCCCOc1ccccc1C(=O)NC(=S)Nc1ccc(S(=O)(=O)Nc2nccnc2OC)cc1. The zero-order chi connectivity index (χ0) is 26.7. The second kappa shape index (κ2) is 13.5.